The number of carbonyl (C=O) groups excluding carboxylic acids is 1. The average molecular weight is 274 g/mol. The summed E-state index contributed by atoms with van der Waals surface area (Å²) in [6, 6.07) is 7.23. The maximum absolute atomic E-state index is 12.3. The number of para-hydroxylation sites is 2. The molecule has 1 aromatic carbocycles. The van der Waals surface area contributed by atoms with Gasteiger partial charge in [0.1, 0.15) is 5.75 Å². The molecule has 2 aliphatic rings. The number of piperidine rings is 1. The van der Waals surface area contributed by atoms with E-state index in [4.69, 9.17) is 0 Å². The van der Waals surface area contributed by atoms with E-state index in [9.17, 15) is 9.90 Å². The quantitative estimate of drug-likeness (QED) is 0.727. The molecule has 0 aromatic heterocycles. The van der Waals surface area contributed by atoms with Gasteiger partial charge in [-0.15, -0.1) is 0 Å². The van der Waals surface area contributed by atoms with Gasteiger partial charge in [0.15, 0.2) is 0 Å². The Morgan fingerprint density at radius 1 is 1.15 bits per heavy atom. The van der Waals surface area contributed by atoms with E-state index in [0.717, 1.165) is 18.8 Å². The maximum atomic E-state index is 12.3. The number of benzene rings is 1. The molecule has 2 fully saturated rings. The van der Waals surface area contributed by atoms with Crippen LogP contribution in [0.1, 0.15) is 38.5 Å². The summed E-state index contributed by atoms with van der Waals surface area (Å²) >= 11 is 0. The van der Waals surface area contributed by atoms with E-state index < -0.39 is 0 Å². The number of fused-ring (bicyclic) bond motifs is 1. The van der Waals surface area contributed by atoms with Crippen molar-refractivity contribution >= 4 is 11.6 Å². The maximum Gasteiger partial charge on any atom is 0.241 e. The Hall–Kier alpha value is -1.55. The van der Waals surface area contributed by atoms with E-state index in [-0.39, 0.29) is 17.7 Å². The molecule has 3 unspecified atom stereocenters. The van der Waals surface area contributed by atoms with Crippen molar-refractivity contribution in [3.8, 4) is 5.75 Å². The predicted molar refractivity (Wildman–Crippen MR) is 78.6 cm³/mol. The molecule has 3 N–H and O–H groups in total. The van der Waals surface area contributed by atoms with Crippen LogP contribution in [0.2, 0.25) is 0 Å². The van der Waals surface area contributed by atoms with Gasteiger partial charge in [0.2, 0.25) is 5.91 Å². The molecule has 20 heavy (non-hydrogen) atoms. The van der Waals surface area contributed by atoms with E-state index in [2.05, 4.69) is 10.6 Å². The number of hydrogen-bond donors (Lipinski definition) is 3. The van der Waals surface area contributed by atoms with Crippen molar-refractivity contribution in [1.82, 2.24) is 5.32 Å². The molecule has 108 valence electrons. The van der Waals surface area contributed by atoms with Gasteiger partial charge in [-0.1, -0.05) is 25.0 Å². The Labute approximate surface area is 119 Å². The summed E-state index contributed by atoms with van der Waals surface area (Å²) < 4.78 is 0. The molecule has 1 aliphatic carbocycles. The van der Waals surface area contributed by atoms with Gasteiger partial charge in [-0.25, -0.2) is 0 Å². The van der Waals surface area contributed by atoms with Gasteiger partial charge >= 0.3 is 0 Å². The van der Waals surface area contributed by atoms with Crippen LogP contribution in [0.3, 0.4) is 0 Å². The number of nitrogens with one attached hydrogen (secondary N) is 2. The lowest BCUT2D eigenvalue weighted by atomic mass is 9.77. The minimum Gasteiger partial charge on any atom is -0.506 e. The zero-order valence-corrected chi connectivity index (χ0v) is 11.6. The topological polar surface area (TPSA) is 61.4 Å². The first-order valence-corrected chi connectivity index (χ1v) is 7.59. The molecular formula is C16H22N2O2. The molecule has 1 saturated heterocycles. The highest BCUT2D eigenvalue weighted by molar-refractivity contribution is 5.96. The molecule has 4 nitrogen and oxygen atoms in total. The zero-order valence-electron chi connectivity index (χ0n) is 11.6. The second-order valence-corrected chi connectivity index (χ2v) is 5.95. The third kappa shape index (κ3) is 2.80. The summed E-state index contributed by atoms with van der Waals surface area (Å²) in [5, 5.41) is 16.0. The Kier molecular flexibility index (Phi) is 3.92. The van der Waals surface area contributed by atoms with E-state index in [1.165, 1.54) is 25.7 Å². The third-order valence-corrected chi connectivity index (χ3v) is 4.63. The number of amides is 1. The first kappa shape index (κ1) is 13.4. The third-order valence-electron chi connectivity index (χ3n) is 4.63. The minimum absolute atomic E-state index is 0.0319. The van der Waals surface area contributed by atoms with Crippen LogP contribution >= 0.6 is 0 Å². The standard InChI is InChI=1S/C16H22N2O2/c19-15-8-4-3-7-13(15)18-16(20)14-10-9-11-5-1-2-6-12(11)17-14/h3-4,7-8,11-12,14,17,19H,1-2,5-6,9-10H2,(H,18,20). The lowest BCUT2D eigenvalue weighted by Crippen LogP contribution is -2.53. The Morgan fingerprint density at radius 2 is 1.95 bits per heavy atom. The molecule has 0 radical (unpaired) electrons. The first-order chi connectivity index (χ1) is 9.74. The number of carbonyl (C=O) groups is 1. The highest BCUT2D eigenvalue weighted by Gasteiger charge is 2.34. The molecule has 1 heterocycles. The van der Waals surface area contributed by atoms with Gasteiger partial charge in [-0.2, -0.15) is 0 Å². The molecule has 0 bridgehead atoms. The van der Waals surface area contributed by atoms with Gasteiger partial charge in [0, 0.05) is 6.04 Å². The number of rotatable bonds is 2. The zero-order chi connectivity index (χ0) is 13.9. The summed E-state index contributed by atoms with van der Waals surface area (Å²) in [5.74, 6) is 0.834. The normalized spacial score (nSPS) is 29.5. The first-order valence-electron chi connectivity index (χ1n) is 7.59. The average Bonchev–Trinajstić information content (AvgIpc) is 2.49. The molecule has 1 amide bonds. The SMILES string of the molecule is O=C(Nc1ccccc1O)C1CCC2CCCCC2N1. The summed E-state index contributed by atoms with van der Waals surface area (Å²) in [7, 11) is 0. The highest BCUT2D eigenvalue weighted by atomic mass is 16.3. The molecule has 1 saturated carbocycles. The van der Waals surface area contributed by atoms with Gasteiger partial charge < -0.3 is 15.7 Å². The fourth-order valence-electron chi connectivity index (χ4n) is 3.50. The number of phenols is 1. The Bertz CT molecular complexity index is 489. The van der Waals surface area contributed by atoms with Gasteiger partial charge in [-0.3, -0.25) is 4.79 Å². The fraction of sp³-hybridized carbons (Fsp3) is 0.562. The predicted octanol–water partition coefficient (Wildman–Crippen LogP) is 2.64. The molecule has 0 spiro atoms. The number of hydrogen-bond acceptors (Lipinski definition) is 3. The van der Waals surface area contributed by atoms with Crippen molar-refractivity contribution in [2.75, 3.05) is 5.32 Å². The van der Waals surface area contributed by atoms with Crippen LogP contribution in [0.5, 0.6) is 5.75 Å². The van der Waals surface area contributed by atoms with E-state index in [1.54, 1.807) is 24.3 Å². The summed E-state index contributed by atoms with van der Waals surface area (Å²) in [4.78, 5) is 12.3. The fourth-order valence-corrected chi connectivity index (χ4v) is 3.50. The van der Waals surface area contributed by atoms with Gasteiger partial charge in [0.05, 0.1) is 11.7 Å². The number of phenolic OH excluding ortho intramolecular Hbond substituents is 1. The Balaban J connectivity index is 1.62. The molecular weight excluding hydrogens is 252 g/mol. The summed E-state index contributed by atoms with van der Waals surface area (Å²) in [6.07, 6.45) is 7.10. The smallest absolute Gasteiger partial charge is 0.241 e. The van der Waals surface area contributed by atoms with Crippen LogP contribution < -0.4 is 10.6 Å². The lowest BCUT2D eigenvalue weighted by Gasteiger charge is -2.39. The second kappa shape index (κ2) is 5.83. The molecule has 1 aromatic rings. The lowest BCUT2D eigenvalue weighted by molar-refractivity contribution is -0.119. The van der Waals surface area contributed by atoms with Crippen LogP contribution in [0.25, 0.3) is 0 Å². The van der Waals surface area contributed by atoms with Crippen LogP contribution in [0, 0.1) is 5.92 Å². The van der Waals surface area contributed by atoms with Crippen molar-refractivity contribution in [2.45, 2.75) is 50.6 Å². The number of anilines is 1. The van der Waals surface area contributed by atoms with E-state index in [1.807, 2.05) is 0 Å². The van der Waals surface area contributed by atoms with E-state index in [0.29, 0.717) is 11.7 Å². The Morgan fingerprint density at radius 3 is 2.80 bits per heavy atom. The van der Waals surface area contributed by atoms with Gasteiger partial charge in [-0.05, 0) is 43.7 Å². The summed E-state index contributed by atoms with van der Waals surface area (Å²) in [6.45, 7) is 0. The monoisotopic (exact) mass is 274 g/mol. The van der Waals surface area contributed by atoms with Gasteiger partial charge in [0.25, 0.3) is 0 Å². The minimum atomic E-state index is -0.131. The van der Waals surface area contributed by atoms with Crippen molar-refractivity contribution in [3.05, 3.63) is 24.3 Å². The van der Waals surface area contributed by atoms with Crippen LogP contribution in [-0.2, 0) is 4.79 Å². The highest BCUT2D eigenvalue weighted by Crippen LogP contribution is 2.32. The number of aromatic hydroxyl groups is 1. The van der Waals surface area contributed by atoms with Crippen molar-refractivity contribution in [1.29, 1.82) is 0 Å². The second-order valence-electron chi connectivity index (χ2n) is 5.95. The van der Waals surface area contributed by atoms with Crippen LogP contribution in [0.15, 0.2) is 24.3 Å². The van der Waals surface area contributed by atoms with Crippen molar-refractivity contribution in [2.24, 2.45) is 5.92 Å². The molecule has 1 aliphatic heterocycles. The van der Waals surface area contributed by atoms with Crippen LogP contribution in [-0.4, -0.2) is 23.1 Å². The van der Waals surface area contributed by atoms with Crippen molar-refractivity contribution in [3.63, 3.8) is 0 Å². The van der Waals surface area contributed by atoms with Crippen LogP contribution in [0.4, 0.5) is 5.69 Å². The van der Waals surface area contributed by atoms with E-state index >= 15 is 0 Å². The molecule has 4 heteroatoms. The molecule has 3 atom stereocenters. The molecule has 3 rings (SSSR count). The largest absolute Gasteiger partial charge is 0.506 e. The van der Waals surface area contributed by atoms with Crippen molar-refractivity contribution < 1.29 is 9.90 Å². The summed E-state index contributed by atoms with van der Waals surface area (Å²) in [5.41, 5.74) is 0.491.